The van der Waals surface area contributed by atoms with Gasteiger partial charge < -0.3 is 49.7 Å². The number of nitrogens with zero attached hydrogens (tertiary/aromatic N) is 6. The van der Waals surface area contributed by atoms with E-state index in [2.05, 4.69) is 19.9 Å². The van der Waals surface area contributed by atoms with E-state index in [1.807, 2.05) is 53.7 Å². The predicted octanol–water partition coefficient (Wildman–Crippen LogP) is 2.34. The van der Waals surface area contributed by atoms with E-state index in [9.17, 15) is 57.1 Å². The van der Waals surface area contributed by atoms with Crippen LogP contribution in [-0.2, 0) is 29.6 Å². The van der Waals surface area contributed by atoms with Crippen LogP contribution in [-0.4, -0.2) is 158 Å². The van der Waals surface area contributed by atoms with E-state index in [0.29, 0.717) is 34.0 Å². The van der Waals surface area contributed by atoms with Gasteiger partial charge in [-0.05, 0) is 73.2 Å². The van der Waals surface area contributed by atoms with E-state index >= 15 is 0 Å². The summed E-state index contributed by atoms with van der Waals surface area (Å²) in [5.74, 6) is -2.22. The molecule has 2 aromatic carbocycles. The van der Waals surface area contributed by atoms with Gasteiger partial charge in [-0.15, -0.1) is 0 Å². The minimum Gasteiger partial charge on any atom is -0.550 e. The van der Waals surface area contributed by atoms with Crippen LogP contribution in [0.3, 0.4) is 0 Å². The first-order valence-electron chi connectivity index (χ1n) is 21.2. The van der Waals surface area contributed by atoms with Gasteiger partial charge in [-0.2, -0.15) is 9.97 Å². The number of carboxylic acids is 2. The number of aryl methyl sites for hydroxylation is 2. The zero-order valence-electron chi connectivity index (χ0n) is 40.3. The molecule has 0 radical (unpaired) electrons. The van der Waals surface area contributed by atoms with Crippen LogP contribution in [0.25, 0.3) is 12.2 Å². The summed E-state index contributed by atoms with van der Waals surface area (Å²) in [5, 5.41) is 61.3. The van der Waals surface area contributed by atoms with Gasteiger partial charge in [0.2, 0.25) is 43.7 Å². The Bertz CT molecular complexity index is 2490. The number of rotatable bonds is 22. The molecule has 23 heteroatoms. The molecule has 69 heavy (non-hydrogen) atoms. The molecular formula is C46H60CaN6O14S2. The van der Waals surface area contributed by atoms with E-state index in [0.717, 1.165) is 32.2 Å². The Morgan fingerprint density at radius 1 is 0.638 bits per heavy atom. The molecule has 2 aromatic heterocycles. The fourth-order valence-electron chi connectivity index (χ4n) is 6.10. The molecular weight excluding hydrogens is 965 g/mol. The topological polar surface area (TPSA) is 306 Å². The van der Waals surface area contributed by atoms with Gasteiger partial charge in [0, 0.05) is 51.7 Å². The largest absolute Gasteiger partial charge is 2.00 e. The first kappa shape index (κ1) is 60.3. The Morgan fingerprint density at radius 3 is 1.25 bits per heavy atom. The Labute approximate surface area is 433 Å². The molecule has 4 aromatic rings. The van der Waals surface area contributed by atoms with Crippen molar-refractivity contribution in [2.24, 2.45) is 0 Å². The Balaban J connectivity index is 0.000000467. The van der Waals surface area contributed by atoms with Crippen molar-refractivity contribution in [3.8, 4) is 23.3 Å². The maximum Gasteiger partial charge on any atom is 2.00 e. The van der Waals surface area contributed by atoms with Crippen molar-refractivity contribution in [3.05, 3.63) is 94.3 Å². The minimum absolute atomic E-state index is 0. The Hall–Kier alpha value is -4.78. The predicted molar refractivity (Wildman–Crippen MR) is 258 cm³/mol. The summed E-state index contributed by atoms with van der Waals surface area (Å²) in [6.07, 6.45) is 1.32. The minimum atomic E-state index is -3.64. The third kappa shape index (κ3) is 19.9. The molecule has 0 fully saturated rings. The molecule has 2 heterocycles. The summed E-state index contributed by atoms with van der Waals surface area (Å²) in [4.78, 5) is 38.8. The number of ether oxygens (including phenoxy) is 2. The number of aliphatic hydroxyl groups excluding tert-OH is 4. The summed E-state index contributed by atoms with van der Waals surface area (Å²) in [5.41, 5.74) is 3.66. The third-order valence-corrected chi connectivity index (χ3v) is 12.0. The average Bonchev–Trinajstić information content (AvgIpc) is 3.20. The molecule has 0 unspecified atom stereocenters. The van der Waals surface area contributed by atoms with Crippen LogP contribution in [0.2, 0.25) is 0 Å². The quantitative estimate of drug-likeness (QED) is 0.0821. The van der Waals surface area contributed by atoms with Crippen molar-refractivity contribution in [1.29, 1.82) is 0 Å². The van der Waals surface area contributed by atoms with E-state index in [1.54, 1.807) is 36.4 Å². The van der Waals surface area contributed by atoms with Crippen molar-refractivity contribution < 1.29 is 66.5 Å². The van der Waals surface area contributed by atoms with Crippen LogP contribution in [0.5, 0.6) is 23.3 Å². The number of aliphatic carboxylic acids is 2. The van der Waals surface area contributed by atoms with Gasteiger partial charge >= 0.3 is 37.7 Å². The molecule has 0 saturated carbocycles. The number of hydrogen-bond donors (Lipinski definition) is 4. The molecule has 0 aliphatic carbocycles. The Morgan fingerprint density at radius 2 is 0.971 bits per heavy atom. The zero-order valence-corrected chi connectivity index (χ0v) is 44.1. The molecule has 0 saturated heterocycles. The second-order valence-corrected chi connectivity index (χ2v) is 20.7. The first-order chi connectivity index (χ1) is 31.5. The summed E-state index contributed by atoms with van der Waals surface area (Å²) >= 11 is 0. The Kier molecular flexibility index (Phi) is 23.6. The van der Waals surface area contributed by atoms with Gasteiger partial charge in [-0.3, -0.25) is 0 Å². The van der Waals surface area contributed by atoms with Crippen molar-refractivity contribution in [2.75, 3.05) is 35.2 Å². The van der Waals surface area contributed by atoms with Crippen molar-refractivity contribution in [3.63, 3.8) is 0 Å². The molecule has 372 valence electrons. The fraction of sp³-hybridized carbons (Fsp3) is 0.435. The van der Waals surface area contributed by atoms with Crippen LogP contribution in [0.1, 0.15) is 98.9 Å². The summed E-state index contributed by atoms with van der Waals surface area (Å²) < 4.78 is 62.3. The molecule has 0 amide bonds. The van der Waals surface area contributed by atoms with Crippen LogP contribution in [0, 0.1) is 13.8 Å². The molecule has 4 atom stereocenters. The average molecular weight is 1030 g/mol. The smallest absolute Gasteiger partial charge is 0.550 e. The van der Waals surface area contributed by atoms with Crippen molar-refractivity contribution in [1.82, 2.24) is 19.9 Å². The number of carbonyl (C=O) groups excluding carboxylic acids is 2. The molecule has 0 aliphatic heterocycles. The molecule has 0 spiro atoms. The SMILES string of the molecule is Cc1cccc(Oc2nc(N(C)S(C)(=O)=O)nc(C(C)C)c2/C=C/[C@@H](O)C[C@@H](O)CC(=O)[O-])c1.Cc1cccc(Oc2nc(N(C)S(C)(=O)=O)nc(C(C)C)c2/C=C/[C@@H](O)C[C@@H](O)CC(=O)[O-])c1.[Ca+2]. The van der Waals surface area contributed by atoms with Gasteiger partial charge in [-0.1, -0.05) is 64.1 Å². The van der Waals surface area contributed by atoms with Crippen molar-refractivity contribution >= 4 is 93.8 Å². The van der Waals surface area contributed by atoms with E-state index in [4.69, 9.17) is 9.47 Å². The number of carbonyl (C=O) groups is 2. The van der Waals surface area contributed by atoms with Gasteiger partial charge in [0.25, 0.3) is 0 Å². The molecule has 4 rings (SSSR count). The summed E-state index contributed by atoms with van der Waals surface area (Å²) in [6.45, 7) is 11.2. The van der Waals surface area contributed by atoms with Crippen LogP contribution < -0.4 is 28.3 Å². The van der Waals surface area contributed by atoms with Crippen LogP contribution in [0.15, 0.2) is 60.7 Å². The second-order valence-electron chi connectivity index (χ2n) is 16.6. The van der Waals surface area contributed by atoms with E-state index in [-0.39, 0.29) is 86.1 Å². The van der Waals surface area contributed by atoms with Gasteiger partial charge in [0.1, 0.15) is 11.5 Å². The number of hydrogen-bond acceptors (Lipinski definition) is 18. The van der Waals surface area contributed by atoms with Gasteiger partial charge in [0.05, 0.1) is 59.4 Å². The molecule has 0 aliphatic rings. The monoisotopic (exact) mass is 1020 g/mol. The van der Waals surface area contributed by atoms with Gasteiger partial charge in [-0.25, -0.2) is 35.4 Å². The standard InChI is InChI=1S/2C23H31N3O7S.Ca/c2*1-14(2)21-19(10-9-16(27)12-17(28)13-20(29)30)22(33-18-8-6-7-15(3)11-18)25-23(24-21)26(4)34(5,31)32;/h2*6-11,14,16-17,27-28H,12-13H2,1-5H3,(H,29,30);/q;;+2/p-2/b2*10-9+;/t2*16-,17-;/m11./s1. The van der Waals surface area contributed by atoms with Crippen LogP contribution in [0.4, 0.5) is 11.9 Å². The first-order valence-corrected chi connectivity index (χ1v) is 24.9. The molecule has 20 nitrogen and oxygen atoms in total. The summed E-state index contributed by atoms with van der Waals surface area (Å²) in [6, 6.07) is 14.4. The number of aliphatic hydroxyl groups is 4. The number of sulfonamides is 2. The normalized spacial score (nSPS) is 13.6. The number of aromatic nitrogens is 4. The maximum atomic E-state index is 12.1. The molecule has 4 N–H and O–H groups in total. The third-order valence-electron chi connectivity index (χ3n) is 9.72. The number of benzene rings is 2. The molecule has 0 bridgehead atoms. The number of carboxylic acid groups (broad SMARTS) is 2. The van der Waals surface area contributed by atoms with Crippen molar-refractivity contribution in [2.45, 2.75) is 103 Å². The summed E-state index contributed by atoms with van der Waals surface area (Å²) in [7, 11) is -4.61. The van der Waals surface area contributed by atoms with E-state index in [1.165, 1.54) is 38.4 Å². The second kappa shape index (κ2) is 27.0. The fourth-order valence-corrected chi connectivity index (χ4v) is 6.85. The maximum absolute atomic E-state index is 12.1. The van der Waals surface area contributed by atoms with E-state index < -0.39 is 69.2 Å². The van der Waals surface area contributed by atoms with Crippen LogP contribution >= 0.6 is 0 Å². The number of anilines is 2. The zero-order chi connectivity index (χ0) is 51.3. The van der Waals surface area contributed by atoms with Gasteiger partial charge in [0.15, 0.2) is 0 Å².